The van der Waals surface area contributed by atoms with Gasteiger partial charge >= 0.3 is 11.9 Å². The summed E-state index contributed by atoms with van der Waals surface area (Å²) in [5.41, 5.74) is 0.456. The molecule has 0 amide bonds. The van der Waals surface area contributed by atoms with E-state index in [1.54, 1.807) is 14.0 Å². The second-order valence-corrected chi connectivity index (χ2v) is 9.87. The molecular weight excluding hydrogens is 402 g/mol. The zero-order valence-corrected chi connectivity index (χ0v) is 18.4. The van der Waals surface area contributed by atoms with Crippen molar-refractivity contribution in [3.05, 3.63) is 22.9 Å². The number of hydrogen-bond acceptors (Lipinski definition) is 8. The third-order valence-corrected chi connectivity index (χ3v) is 8.23. The van der Waals surface area contributed by atoms with Gasteiger partial charge in [0.15, 0.2) is 5.76 Å². The Kier molecular flexibility index (Phi) is 4.10. The molecule has 6 aliphatic rings. The number of rotatable bonds is 2. The van der Waals surface area contributed by atoms with Crippen LogP contribution in [0.25, 0.3) is 0 Å². The van der Waals surface area contributed by atoms with Crippen molar-refractivity contribution >= 4 is 11.9 Å². The van der Waals surface area contributed by atoms with Crippen molar-refractivity contribution in [2.75, 3.05) is 13.7 Å². The Morgan fingerprint density at radius 1 is 1.16 bits per heavy atom. The van der Waals surface area contributed by atoms with E-state index in [4.69, 9.17) is 23.7 Å². The van der Waals surface area contributed by atoms with Crippen LogP contribution in [0.1, 0.15) is 46.5 Å². The molecule has 0 saturated carbocycles. The molecule has 0 N–H and O–H groups in total. The Labute approximate surface area is 181 Å². The normalized spacial score (nSPS) is 48.6. The van der Waals surface area contributed by atoms with Crippen molar-refractivity contribution in [2.45, 2.75) is 76.5 Å². The number of esters is 2. The number of allylic oxidation sites excluding steroid dienone is 1. The summed E-state index contributed by atoms with van der Waals surface area (Å²) in [6.45, 7) is 6.73. The van der Waals surface area contributed by atoms with E-state index < -0.39 is 11.8 Å². The number of ether oxygens (including phenoxy) is 5. The van der Waals surface area contributed by atoms with Gasteiger partial charge in [0.2, 0.25) is 11.5 Å². The lowest BCUT2D eigenvalue weighted by atomic mass is 9.82. The average molecular weight is 431 g/mol. The highest BCUT2D eigenvalue weighted by molar-refractivity contribution is 5.93. The predicted octanol–water partition coefficient (Wildman–Crippen LogP) is 2.24. The number of carbonyl (C=O) groups excluding carboxylic acids is 2. The third kappa shape index (κ3) is 2.49. The number of methoxy groups -OCH3 is 1. The van der Waals surface area contributed by atoms with Crippen LogP contribution in [0.4, 0.5) is 0 Å². The molecule has 0 aliphatic carbocycles. The van der Waals surface area contributed by atoms with Gasteiger partial charge in [0.05, 0.1) is 30.6 Å². The van der Waals surface area contributed by atoms with Crippen LogP contribution >= 0.6 is 0 Å². The van der Waals surface area contributed by atoms with Gasteiger partial charge in [-0.2, -0.15) is 0 Å². The number of cyclic esters (lactones) is 2. The smallest absolute Gasteiger partial charge is 0.343 e. The first-order valence-electron chi connectivity index (χ1n) is 11.4. The van der Waals surface area contributed by atoms with E-state index in [1.807, 2.05) is 6.92 Å². The van der Waals surface area contributed by atoms with E-state index in [2.05, 4.69) is 11.8 Å². The first kappa shape index (κ1) is 19.6. The Bertz CT molecular complexity index is 925. The van der Waals surface area contributed by atoms with Crippen molar-refractivity contribution < 1.29 is 33.3 Å². The Morgan fingerprint density at radius 2 is 1.97 bits per heavy atom. The lowest BCUT2D eigenvalue weighted by Crippen LogP contribution is -2.47. The Hall–Kier alpha value is -2.06. The lowest BCUT2D eigenvalue weighted by Gasteiger charge is -2.33. The van der Waals surface area contributed by atoms with Gasteiger partial charge in [-0.05, 0) is 32.7 Å². The van der Waals surface area contributed by atoms with Crippen LogP contribution < -0.4 is 0 Å². The maximum absolute atomic E-state index is 12.2. The van der Waals surface area contributed by atoms with Crippen LogP contribution in [0.2, 0.25) is 0 Å². The lowest BCUT2D eigenvalue weighted by molar-refractivity contribution is -0.206. The highest BCUT2D eigenvalue weighted by Crippen LogP contribution is 2.61. The molecule has 0 radical (unpaired) electrons. The summed E-state index contributed by atoms with van der Waals surface area (Å²) in [5.74, 6) is 0.408. The molecule has 8 atom stereocenters. The van der Waals surface area contributed by atoms with Crippen LogP contribution in [0.15, 0.2) is 22.9 Å². The van der Waals surface area contributed by atoms with Crippen molar-refractivity contribution in [2.24, 2.45) is 17.8 Å². The highest BCUT2D eigenvalue weighted by atomic mass is 16.7. The van der Waals surface area contributed by atoms with Crippen LogP contribution in [0, 0.1) is 17.8 Å². The van der Waals surface area contributed by atoms with Crippen molar-refractivity contribution in [1.82, 2.24) is 4.90 Å². The summed E-state index contributed by atoms with van der Waals surface area (Å²) in [6, 6.07) is 0.383. The SMILES string of the molecule is COC1=C(C)C(=O)OC1=C1O[C@]23CCCN4[C@H]([C@H]2[C@@H]1C)[C@@H](C[C@H]4[C@@H]1C[C@H](C)C(=O)O1)O3. The van der Waals surface area contributed by atoms with Gasteiger partial charge in [-0.15, -0.1) is 0 Å². The maximum atomic E-state index is 12.2. The predicted molar refractivity (Wildman–Crippen MR) is 106 cm³/mol. The summed E-state index contributed by atoms with van der Waals surface area (Å²) in [6.07, 6.45) is 3.34. The van der Waals surface area contributed by atoms with E-state index >= 15 is 0 Å². The van der Waals surface area contributed by atoms with E-state index in [1.165, 1.54) is 0 Å². The number of hydrogen-bond donors (Lipinski definition) is 0. The zero-order chi connectivity index (χ0) is 21.7. The van der Waals surface area contributed by atoms with Crippen molar-refractivity contribution in [3.8, 4) is 0 Å². The second-order valence-electron chi connectivity index (χ2n) is 9.87. The minimum Gasteiger partial charge on any atom is -0.492 e. The fourth-order valence-electron chi connectivity index (χ4n) is 6.91. The van der Waals surface area contributed by atoms with E-state index in [9.17, 15) is 9.59 Å². The minimum absolute atomic E-state index is 0.0123. The Morgan fingerprint density at radius 3 is 2.68 bits per heavy atom. The molecule has 0 aromatic heterocycles. The van der Waals surface area contributed by atoms with Gasteiger partial charge in [-0.25, -0.2) is 4.79 Å². The summed E-state index contributed by atoms with van der Waals surface area (Å²) < 4.78 is 30.0. The van der Waals surface area contributed by atoms with Gasteiger partial charge in [0.25, 0.3) is 0 Å². The maximum Gasteiger partial charge on any atom is 0.343 e. The van der Waals surface area contributed by atoms with Gasteiger partial charge in [0, 0.05) is 24.4 Å². The van der Waals surface area contributed by atoms with Crippen LogP contribution in [-0.2, 0) is 33.3 Å². The largest absolute Gasteiger partial charge is 0.492 e. The van der Waals surface area contributed by atoms with E-state index in [0.717, 1.165) is 32.2 Å². The standard InChI is InChI=1S/C23H29NO7/c1-10-8-14(28-21(10)25)13-9-15-17-16-11(2)19(20-18(27-4)12(3)22(26)29-20)31-23(16,30-15)6-5-7-24(13)17/h10-11,13-17H,5-9H2,1-4H3/t10-,11-,13-,14-,15+,16+,17-,23+/m0/s1. The molecule has 0 spiro atoms. The molecule has 8 nitrogen and oxygen atoms in total. The molecule has 6 rings (SSSR count). The monoisotopic (exact) mass is 431 g/mol. The topological polar surface area (TPSA) is 83.5 Å². The van der Waals surface area contributed by atoms with E-state index in [0.29, 0.717) is 22.9 Å². The summed E-state index contributed by atoms with van der Waals surface area (Å²) in [4.78, 5) is 26.7. The third-order valence-electron chi connectivity index (χ3n) is 8.23. The minimum atomic E-state index is -0.696. The Balaban J connectivity index is 1.35. The molecule has 6 heterocycles. The fraction of sp³-hybridized carbons (Fsp3) is 0.739. The number of carbonyl (C=O) groups is 2. The first-order chi connectivity index (χ1) is 14.8. The molecule has 6 aliphatic heterocycles. The van der Waals surface area contributed by atoms with Crippen molar-refractivity contribution in [1.29, 1.82) is 0 Å². The highest BCUT2D eigenvalue weighted by Gasteiger charge is 2.70. The van der Waals surface area contributed by atoms with Crippen LogP contribution in [0.5, 0.6) is 0 Å². The quantitative estimate of drug-likeness (QED) is 0.616. The molecule has 5 saturated heterocycles. The van der Waals surface area contributed by atoms with Gasteiger partial charge < -0.3 is 23.7 Å². The van der Waals surface area contributed by atoms with Crippen LogP contribution in [0.3, 0.4) is 0 Å². The van der Waals surface area contributed by atoms with Crippen molar-refractivity contribution in [3.63, 3.8) is 0 Å². The molecule has 0 unspecified atom stereocenters. The number of nitrogens with zero attached hydrogens (tertiary/aromatic N) is 1. The fourth-order valence-corrected chi connectivity index (χ4v) is 6.91. The van der Waals surface area contributed by atoms with Gasteiger partial charge in [-0.1, -0.05) is 13.8 Å². The molecule has 5 fully saturated rings. The zero-order valence-electron chi connectivity index (χ0n) is 18.4. The molecular formula is C23H29NO7. The molecule has 0 aromatic rings. The summed E-state index contributed by atoms with van der Waals surface area (Å²) in [5, 5.41) is 0. The molecule has 2 bridgehead atoms. The second kappa shape index (κ2) is 6.48. The average Bonchev–Trinajstić information content (AvgIpc) is 3.44. The van der Waals surface area contributed by atoms with E-state index in [-0.39, 0.29) is 48.0 Å². The molecule has 0 aromatic carbocycles. The van der Waals surface area contributed by atoms with Crippen LogP contribution in [-0.4, -0.2) is 60.6 Å². The van der Waals surface area contributed by atoms with Gasteiger partial charge in [-0.3, -0.25) is 9.69 Å². The molecule has 168 valence electrons. The summed E-state index contributed by atoms with van der Waals surface area (Å²) >= 11 is 0. The summed E-state index contributed by atoms with van der Waals surface area (Å²) in [7, 11) is 1.54. The van der Waals surface area contributed by atoms with Gasteiger partial charge in [0.1, 0.15) is 11.9 Å². The molecule has 31 heavy (non-hydrogen) atoms. The molecule has 8 heteroatoms. The first-order valence-corrected chi connectivity index (χ1v) is 11.4.